The molecule has 0 spiro atoms. The first-order valence-corrected chi connectivity index (χ1v) is 12.2. The number of aromatic nitrogens is 6. The van der Waals surface area contributed by atoms with Crippen LogP contribution in [-0.2, 0) is 27.2 Å². The van der Waals surface area contributed by atoms with E-state index in [2.05, 4.69) is 27.5 Å². The maximum absolute atomic E-state index is 13.1. The normalized spacial score (nSPS) is 11.1. The summed E-state index contributed by atoms with van der Waals surface area (Å²) in [5.41, 5.74) is 5.77. The van der Waals surface area contributed by atoms with Crippen LogP contribution in [0.3, 0.4) is 0 Å². The summed E-state index contributed by atoms with van der Waals surface area (Å²) in [6, 6.07) is 16.0. The lowest BCUT2D eigenvalue weighted by atomic mass is 9.96. The number of rotatable bonds is 10. The maximum atomic E-state index is 13.1. The summed E-state index contributed by atoms with van der Waals surface area (Å²) in [5, 5.41) is 19.2. The van der Waals surface area contributed by atoms with Crippen LogP contribution in [-0.4, -0.2) is 49.1 Å². The summed E-state index contributed by atoms with van der Waals surface area (Å²) >= 11 is 0. The molecule has 0 aliphatic heterocycles. The van der Waals surface area contributed by atoms with E-state index < -0.39 is 18.7 Å². The number of aryl methyl sites for hydroxylation is 1. The molecule has 0 fully saturated rings. The molecule has 0 unspecified atom stereocenters. The van der Waals surface area contributed by atoms with Crippen molar-refractivity contribution >= 4 is 11.9 Å². The van der Waals surface area contributed by atoms with E-state index in [0.29, 0.717) is 30.0 Å². The number of tetrazole rings is 1. The summed E-state index contributed by atoms with van der Waals surface area (Å²) in [7, 11) is 0. The lowest BCUT2D eigenvalue weighted by Crippen LogP contribution is -2.15. The Bertz CT molecular complexity index is 1360. The molecular formula is C27H30N6O4. The van der Waals surface area contributed by atoms with Gasteiger partial charge in [-0.25, -0.2) is 4.79 Å². The Morgan fingerprint density at radius 3 is 2.38 bits per heavy atom. The number of nitrogens with zero attached hydrogens (tertiary/aromatic N) is 5. The van der Waals surface area contributed by atoms with Crippen LogP contribution in [0, 0.1) is 0 Å². The van der Waals surface area contributed by atoms with Crippen LogP contribution in [0.4, 0.5) is 0 Å². The van der Waals surface area contributed by atoms with E-state index in [4.69, 9.17) is 14.6 Å². The number of carbonyl (C=O) groups excluding carboxylic acids is 2. The molecule has 0 atom stereocenters. The van der Waals surface area contributed by atoms with Gasteiger partial charge in [0.05, 0.1) is 11.4 Å². The third-order valence-corrected chi connectivity index (χ3v) is 5.87. The number of benzene rings is 2. The average molecular weight is 503 g/mol. The van der Waals surface area contributed by atoms with Crippen molar-refractivity contribution in [1.82, 2.24) is 30.4 Å². The number of esters is 2. The Hall–Kier alpha value is -4.34. The van der Waals surface area contributed by atoms with E-state index in [1.165, 1.54) is 6.92 Å². The van der Waals surface area contributed by atoms with Crippen LogP contribution in [0.2, 0.25) is 0 Å². The Morgan fingerprint density at radius 1 is 1.03 bits per heavy atom. The first-order valence-electron chi connectivity index (χ1n) is 12.2. The van der Waals surface area contributed by atoms with Crippen molar-refractivity contribution in [2.45, 2.75) is 53.0 Å². The lowest BCUT2D eigenvalue weighted by Gasteiger charge is -2.11. The summed E-state index contributed by atoms with van der Waals surface area (Å²) in [6.45, 7) is 7.54. The molecule has 0 radical (unpaired) electrons. The smallest absolute Gasteiger partial charge is 0.344 e. The Labute approximate surface area is 215 Å². The maximum Gasteiger partial charge on any atom is 0.344 e. The largest absolute Gasteiger partial charge is 0.428 e. The van der Waals surface area contributed by atoms with E-state index >= 15 is 0 Å². The monoisotopic (exact) mass is 502 g/mol. The molecule has 2 heterocycles. The van der Waals surface area contributed by atoms with E-state index in [1.807, 2.05) is 67.1 Å². The van der Waals surface area contributed by atoms with Gasteiger partial charge in [-0.3, -0.25) is 9.48 Å². The van der Waals surface area contributed by atoms with Crippen molar-refractivity contribution in [1.29, 1.82) is 0 Å². The molecule has 1 N–H and O–H groups in total. The standard InChI is InChI=1S/C27H30N6O4/c1-5-14-33-23(24(25(30-33)17(2)3)27(35)37-16-36-18(4)34)15-19-10-12-20(13-11-19)21-8-6-7-9-22(21)26-28-31-32-29-26/h6-13,17H,5,14-16H2,1-4H3,(H,28,29,31,32). The Balaban J connectivity index is 1.65. The number of nitrogens with one attached hydrogen (secondary N) is 1. The summed E-state index contributed by atoms with van der Waals surface area (Å²) in [5.74, 6) is -0.522. The predicted octanol–water partition coefficient (Wildman–Crippen LogP) is 4.53. The molecule has 0 saturated heterocycles. The molecule has 0 amide bonds. The van der Waals surface area contributed by atoms with Crippen LogP contribution in [0.1, 0.15) is 67.3 Å². The van der Waals surface area contributed by atoms with Gasteiger partial charge in [0, 0.05) is 25.5 Å². The fraction of sp³-hybridized carbons (Fsp3) is 0.333. The second-order valence-electron chi connectivity index (χ2n) is 8.93. The molecule has 10 heteroatoms. The van der Waals surface area contributed by atoms with Gasteiger partial charge in [0.2, 0.25) is 12.6 Å². The van der Waals surface area contributed by atoms with Crippen molar-refractivity contribution in [2.75, 3.05) is 6.79 Å². The minimum absolute atomic E-state index is 0.0112. The highest BCUT2D eigenvalue weighted by Crippen LogP contribution is 2.31. The highest BCUT2D eigenvalue weighted by Gasteiger charge is 2.27. The van der Waals surface area contributed by atoms with Gasteiger partial charge >= 0.3 is 11.9 Å². The topological polar surface area (TPSA) is 125 Å². The highest BCUT2D eigenvalue weighted by molar-refractivity contribution is 5.92. The molecule has 0 bridgehead atoms. The average Bonchev–Trinajstić information content (AvgIpc) is 3.54. The fourth-order valence-electron chi connectivity index (χ4n) is 4.16. The number of carbonyl (C=O) groups is 2. The number of aromatic amines is 1. The van der Waals surface area contributed by atoms with E-state index in [9.17, 15) is 9.59 Å². The van der Waals surface area contributed by atoms with Crippen LogP contribution in [0.25, 0.3) is 22.5 Å². The van der Waals surface area contributed by atoms with E-state index in [0.717, 1.165) is 34.4 Å². The van der Waals surface area contributed by atoms with Crippen molar-refractivity contribution in [2.24, 2.45) is 0 Å². The summed E-state index contributed by atoms with van der Waals surface area (Å²) < 4.78 is 12.0. The zero-order chi connectivity index (χ0) is 26.4. The molecule has 37 heavy (non-hydrogen) atoms. The third kappa shape index (κ3) is 5.91. The molecule has 2 aromatic heterocycles. The number of ether oxygens (including phenoxy) is 2. The van der Waals surface area contributed by atoms with Gasteiger partial charge in [0.1, 0.15) is 5.56 Å². The molecule has 2 aromatic carbocycles. The number of hydrogen-bond donors (Lipinski definition) is 1. The molecule has 4 aromatic rings. The first-order chi connectivity index (χ1) is 17.9. The fourth-order valence-corrected chi connectivity index (χ4v) is 4.16. The number of H-pyrrole nitrogens is 1. The highest BCUT2D eigenvalue weighted by atomic mass is 16.7. The van der Waals surface area contributed by atoms with Gasteiger partial charge < -0.3 is 9.47 Å². The van der Waals surface area contributed by atoms with E-state index in [1.54, 1.807) is 0 Å². The van der Waals surface area contributed by atoms with Gasteiger partial charge in [-0.05, 0) is 34.2 Å². The molecular weight excluding hydrogens is 472 g/mol. The molecule has 10 nitrogen and oxygen atoms in total. The second-order valence-corrected chi connectivity index (χ2v) is 8.93. The molecule has 0 aliphatic carbocycles. The second kappa shape index (κ2) is 11.6. The molecule has 0 aliphatic rings. The van der Waals surface area contributed by atoms with Gasteiger partial charge in [-0.2, -0.15) is 10.3 Å². The number of hydrogen-bond acceptors (Lipinski definition) is 8. The summed E-state index contributed by atoms with van der Waals surface area (Å²) in [4.78, 5) is 24.2. The minimum atomic E-state index is -0.548. The van der Waals surface area contributed by atoms with Gasteiger partial charge in [-0.1, -0.05) is 69.3 Å². The minimum Gasteiger partial charge on any atom is -0.428 e. The Kier molecular flexibility index (Phi) is 8.07. The van der Waals surface area contributed by atoms with Crippen molar-refractivity contribution in [3.63, 3.8) is 0 Å². The van der Waals surface area contributed by atoms with Crippen LogP contribution < -0.4 is 0 Å². The molecule has 4 rings (SSSR count). The Morgan fingerprint density at radius 2 is 1.76 bits per heavy atom. The van der Waals surface area contributed by atoms with Crippen LogP contribution in [0.5, 0.6) is 0 Å². The van der Waals surface area contributed by atoms with Gasteiger partial charge in [-0.15, -0.1) is 10.2 Å². The molecule has 192 valence electrons. The zero-order valence-electron chi connectivity index (χ0n) is 21.4. The van der Waals surface area contributed by atoms with Crippen molar-refractivity contribution in [3.05, 3.63) is 71.0 Å². The zero-order valence-corrected chi connectivity index (χ0v) is 21.4. The predicted molar refractivity (Wildman–Crippen MR) is 137 cm³/mol. The quantitative estimate of drug-likeness (QED) is 0.248. The molecule has 0 saturated carbocycles. The van der Waals surface area contributed by atoms with Crippen LogP contribution >= 0.6 is 0 Å². The third-order valence-electron chi connectivity index (χ3n) is 5.87. The van der Waals surface area contributed by atoms with Gasteiger partial charge in [0.25, 0.3) is 0 Å². The van der Waals surface area contributed by atoms with Crippen molar-refractivity contribution in [3.8, 4) is 22.5 Å². The summed E-state index contributed by atoms with van der Waals surface area (Å²) in [6.07, 6.45) is 1.35. The van der Waals surface area contributed by atoms with Crippen molar-refractivity contribution < 1.29 is 19.1 Å². The van der Waals surface area contributed by atoms with Gasteiger partial charge in [0.15, 0.2) is 0 Å². The SMILES string of the molecule is CCCn1nc(C(C)C)c(C(=O)OCOC(C)=O)c1Cc1ccc(-c2ccccc2-c2nn[nH]n2)cc1. The lowest BCUT2D eigenvalue weighted by molar-refractivity contribution is -0.149. The van der Waals surface area contributed by atoms with Crippen LogP contribution in [0.15, 0.2) is 48.5 Å². The van der Waals surface area contributed by atoms with E-state index in [-0.39, 0.29) is 5.92 Å². The first kappa shape index (κ1) is 25.7.